The zero-order valence-corrected chi connectivity index (χ0v) is 13.9. The minimum Gasteiger partial charge on any atom is -0.468 e. The van der Waals surface area contributed by atoms with Crippen LogP contribution >= 0.6 is 0 Å². The van der Waals surface area contributed by atoms with Crippen molar-refractivity contribution in [2.75, 3.05) is 45.8 Å². The van der Waals surface area contributed by atoms with Gasteiger partial charge in [-0.25, -0.2) is 0 Å². The number of piperazine rings is 1. The molecule has 2 atom stereocenters. The number of aliphatic hydroxyl groups is 1. The highest BCUT2D eigenvalue weighted by Gasteiger charge is 2.28. The first-order chi connectivity index (χ1) is 11.1. The minimum atomic E-state index is -0.304. The van der Waals surface area contributed by atoms with E-state index in [0.29, 0.717) is 19.0 Å². The van der Waals surface area contributed by atoms with E-state index in [2.05, 4.69) is 16.7 Å². The number of nitrogens with zero attached hydrogens (tertiary/aromatic N) is 3. The first-order valence-corrected chi connectivity index (χ1v) is 8.55. The number of hydrogen-bond acceptors (Lipinski definition) is 5. The second-order valence-corrected chi connectivity index (χ2v) is 6.80. The van der Waals surface area contributed by atoms with Gasteiger partial charge in [0.05, 0.1) is 25.5 Å². The fourth-order valence-corrected chi connectivity index (χ4v) is 3.33. The van der Waals surface area contributed by atoms with Crippen molar-refractivity contribution in [3.8, 4) is 0 Å². The summed E-state index contributed by atoms with van der Waals surface area (Å²) < 4.78 is 5.38. The molecule has 3 heterocycles. The molecule has 0 spiro atoms. The highest BCUT2D eigenvalue weighted by molar-refractivity contribution is 5.78. The number of hydrogen-bond donors (Lipinski definition) is 1. The van der Waals surface area contributed by atoms with Gasteiger partial charge in [-0.15, -0.1) is 0 Å². The number of piperidine rings is 1. The molecule has 2 saturated heterocycles. The number of β-amino-alcohol motifs (C(OH)–C–C–N with tert-alkyl or cyclic N) is 1. The van der Waals surface area contributed by atoms with Gasteiger partial charge in [-0.2, -0.15) is 0 Å². The second kappa shape index (κ2) is 7.47. The number of likely N-dealkylation sites (tertiary alicyclic amines) is 1. The first kappa shape index (κ1) is 16.5. The normalized spacial score (nSPS) is 27.3. The van der Waals surface area contributed by atoms with Crippen molar-refractivity contribution in [2.45, 2.75) is 26.0 Å². The highest BCUT2D eigenvalue weighted by atomic mass is 16.3. The monoisotopic (exact) mass is 321 g/mol. The summed E-state index contributed by atoms with van der Waals surface area (Å²) in [6, 6.07) is 3.89. The summed E-state index contributed by atoms with van der Waals surface area (Å²) in [5, 5.41) is 9.95. The maximum atomic E-state index is 12.4. The molecule has 2 aliphatic rings. The van der Waals surface area contributed by atoms with Gasteiger partial charge in [-0.1, -0.05) is 6.92 Å². The molecule has 2 unspecified atom stereocenters. The second-order valence-electron chi connectivity index (χ2n) is 6.80. The van der Waals surface area contributed by atoms with Crippen LogP contribution in [0, 0.1) is 5.92 Å². The molecule has 6 nitrogen and oxygen atoms in total. The third kappa shape index (κ3) is 4.34. The molecule has 0 aromatic carbocycles. The lowest BCUT2D eigenvalue weighted by atomic mass is 9.96. The van der Waals surface area contributed by atoms with Crippen LogP contribution in [-0.2, 0) is 11.3 Å². The van der Waals surface area contributed by atoms with Crippen molar-refractivity contribution in [3.05, 3.63) is 24.2 Å². The molecule has 2 fully saturated rings. The number of aliphatic hydroxyl groups excluding tert-OH is 1. The van der Waals surface area contributed by atoms with Crippen LogP contribution in [0.1, 0.15) is 19.1 Å². The van der Waals surface area contributed by atoms with E-state index in [0.717, 1.165) is 51.4 Å². The van der Waals surface area contributed by atoms with Crippen LogP contribution in [0.2, 0.25) is 0 Å². The molecular weight excluding hydrogens is 294 g/mol. The zero-order chi connectivity index (χ0) is 16.2. The summed E-state index contributed by atoms with van der Waals surface area (Å²) in [6.07, 6.45) is 2.36. The quantitative estimate of drug-likeness (QED) is 0.881. The van der Waals surface area contributed by atoms with Crippen molar-refractivity contribution in [1.29, 1.82) is 0 Å². The molecule has 2 aliphatic heterocycles. The maximum absolute atomic E-state index is 12.4. The van der Waals surface area contributed by atoms with Crippen molar-refractivity contribution in [3.63, 3.8) is 0 Å². The Bertz CT molecular complexity index is 497. The number of carbonyl (C=O) groups is 1. The summed E-state index contributed by atoms with van der Waals surface area (Å²) in [4.78, 5) is 18.8. The van der Waals surface area contributed by atoms with E-state index >= 15 is 0 Å². The van der Waals surface area contributed by atoms with Crippen LogP contribution in [0.4, 0.5) is 0 Å². The summed E-state index contributed by atoms with van der Waals surface area (Å²) >= 11 is 0. The lowest BCUT2D eigenvalue weighted by molar-refractivity contribution is -0.135. The number of furan rings is 1. The summed E-state index contributed by atoms with van der Waals surface area (Å²) in [5.41, 5.74) is 0. The molecule has 0 radical (unpaired) electrons. The lowest BCUT2D eigenvalue weighted by Gasteiger charge is -2.37. The Labute approximate surface area is 137 Å². The predicted octanol–water partition coefficient (Wildman–Crippen LogP) is 0.626. The van der Waals surface area contributed by atoms with E-state index < -0.39 is 0 Å². The van der Waals surface area contributed by atoms with Gasteiger partial charge in [0.15, 0.2) is 0 Å². The summed E-state index contributed by atoms with van der Waals surface area (Å²) in [6.45, 7) is 8.14. The van der Waals surface area contributed by atoms with Crippen molar-refractivity contribution >= 4 is 5.91 Å². The average Bonchev–Trinajstić information content (AvgIpc) is 3.04. The number of carbonyl (C=O) groups excluding carboxylic acids is 1. The Hall–Kier alpha value is -1.37. The predicted molar refractivity (Wildman–Crippen MR) is 86.8 cm³/mol. The summed E-state index contributed by atoms with van der Waals surface area (Å²) in [5.74, 6) is 1.50. The van der Waals surface area contributed by atoms with Gasteiger partial charge in [0, 0.05) is 32.7 Å². The van der Waals surface area contributed by atoms with E-state index in [1.807, 2.05) is 17.0 Å². The van der Waals surface area contributed by atoms with Gasteiger partial charge in [0.1, 0.15) is 5.76 Å². The highest BCUT2D eigenvalue weighted by Crippen LogP contribution is 2.17. The Kier molecular flexibility index (Phi) is 5.35. The fourth-order valence-electron chi connectivity index (χ4n) is 3.33. The van der Waals surface area contributed by atoms with Gasteiger partial charge in [0.25, 0.3) is 0 Å². The fraction of sp³-hybridized carbons (Fsp3) is 0.706. The topological polar surface area (TPSA) is 60.2 Å². The van der Waals surface area contributed by atoms with Crippen molar-refractivity contribution in [2.24, 2.45) is 5.92 Å². The first-order valence-electron chi connectivity index (χ1n) is 8.55. The zero-order valence-electron chi connectivity index (χ0n) is 13.9. The van der Waals surface area contributed by atoms with Crippen LogP contribution in [0.15, 0.2) is 22.8 Å². The average molecular weight is 321 g/mol. The maximum Gasteiger partial charge on any atom is 0.236 e. The van der Waals surface area contributed by atoms with Crippen LogP contribution in [0.3, 0.4) is 0 Å². The molecule has 1 N–H and O–H groups in total. The van der Waals surface area contributed by atoms with Crippen LogP contribution in [0.25, 0.3) is 0 Å². The van der Waals surface area contributed by atoms with E-state index in [-0.39, 0.29) is 12.0 Å². The molecule has 1 amide bonds. The summed E-state index contributed by atoms with van der Waals surface area (Å²) in [7, 11) is 0. The molecule has 128 valence electrons. The van der Waals surface area contributed by atoms with E-state index in [1.54, 1.807) is 6.26 Å². The smallest absolute Gasteiger partial charge is 0.236 e. The van der Waals surface area contributed by atoms with Crippen LogP contribution in [-0.4, -0.2) is 77.6 Å². The van der Waals surface area contributed by atoms with E-state index in [1.165, 1.54) is 0 Å². The third-order valence-electron chi connectivity index (χ3n) is 5.05. The molecule has 1 aromatic rings. The molecule has 1 aromatic heterocycles. The molecule has 6 heteroatoms. The standard InChI is InChI=1S/C17H27N3O3/c1-14-4-5-19(12-16(14)21)13-17(22)20-8-6-18(7-9-20)11-15-3-2-10-23-15/h2-3,10,14,16,21H,4-9,11-13H2,1H3. The Morgan fingerprint density at radius 2 is 2.04 bits per heavy atom. The molecule has 23 heavy (non-hydrogen) atoms. The Balaban J connectivity index is 1.41. The Morgan fingerprint density at radius 3 is 2.70 bits per heavy atom. The molecule has 3 rings (SSSR count). The van der Waals surface area contributed by atoms with Crippen LogP contribution in [0.5, 0.6) is 0 Å². The minimum absolute atomic E-state index is 0.185. The third-order valence-corrected chi connectivity index (χ3v) is 5.05. The molecule has 0 aliphatic carbocycles. The van der Waals surface area contributed by atoms with Gasteiger partial charge in [0.2, 0.25) is 5.91 Å². The lowest BCUT2D eigenvalue weighted by Crippen LogP contribution is -2.52. The molecule has 0 saturated carbocycles. The van der Waals surface area contributed by atoms with Gasteiger partial charge in [-0.05, 0) is 31.0 Å². The van der Waals surface area contributed by atoms with Gasteiger partial charge < -0.3 is 14.4 Å². The van der Waals surface area contributed by atoms with Gasteiger partial charge in [-0.3, -0.25) is 14.6 Å². The number of amides is 1. The van der Waals surface area contributed by atoms with Crippen LogP contribution < -0.4 is 0 Å². The molecule has 0 bridgehead atoms. The van der Waals surface area contributed by atoms with E-state index in [9.17, 15) is 9.90 Å². The molecular formula is C17H27N3O3. The largest absolute Gasteiger partial charge is 0.468 e. The van der Waals surface area contributed by atoms with Crippen molar-refractivity contribution < 1.29 is 14.3 Å². The number of rotatable bonds is 4. The van der Waals surface area contributed by atoms with Crippen molar-refractivity contribution in [1.82, 2.24) is 14.7 Å². The van der Waals surface area contributed by atoms with E-state index in [4.69, 9.17) is 4.42 Å². The van der Waals surface area contributed by atoms with Gasteiger partial charge >= 0.3 is 0 Å². The SMILES string of the molecule is CC1CCN(CC(=O)N2CCN(Cc3ccco3)CC2)CC1O. The Morgan fingerprint density at radius 1 is 1.26 bits per heavy atom.